The molecule has 0 spiro atoms. The second-order valence-corrected chi connectivity index (χ2v) is 9.10. The Balaban J connectivity index is 1.86. The SMILES string of the molecule is CCn1cc(C(=O)NC2CCCC2)c(S(=O)(=O)N2CCC(C)CC2)n1. The van der Waals surface area contributed by atoms with Crippen molar-refractivity contribution in [2.75, 3.05) is 13.1 Å². The molecule has 1 aliphatic carbocycles. The van der Waals surface area contributed by atoms with Gasteiger partial charge in [0.05, 0.1) is 5.56 Å². The Morgan fingerprint density at radius 1 is 1.24 bits per heavy atom. The summed E-state index contributed by atoms with van der Waals surface area (Å²) in [6.45, 7) is 5.52. The number of nitrogens with zero attached hydrogens (tertiary/aromatic N) is 3. The Labute approximate surface area is 149 Å². The van der Waals surface area contributed by atoms with Crippen molar-refractivity contribution in [3.05, 3.63) is 11.8 Å². The van der Waals surface area contributed by atoms with Gasteiger partial charge in [-0.05, 0) is 38.5 Å². The number of hydrogen-bond acceptors (Lipinski definition) is 4. The lowest BCUT2D eigenvalue weighted by Crippen LogP contribution is -2.39. The van der Waals surface area contributed by atoms with E-state index in [0.717, 1.165) is 38.5 Å². The molecule has 0 aromatic carbocycles. The first-order valence-electron chi connectivity index (χ1n) is 9.30. The zero-order valence-electron chi connectivity index (χ0n) is 15.1. The molecule has 1 saturated heterocycles. The smallest absolute Gasteiger partial charge is 0.263 e. The number of aromatic nitrogens is 2. The lowest BCUT2D eigenvalue weighted by Gasteiger charge is -2.28. The van der Waals surface area contributed by atoms with Crippen molar-refractivity contribution in [2.45, 2.75) is 70.0 Å². The van der Waals surface area contributed by atoms with E-state index < -0.39 is 10.0 Å². The van der Waals surface area contributed by atoms with Gasteiger partial charge in [-0.3, -0.25) is 9.48 Å². The van der Waals surface area contributed by atoms with Crippen LogP contribution in [0.1, 0.15) is 62.7 Å². The van der Waals surface area contributed by atoms with Crippen LogP contribution in [0.2, 0.25) is 0 Å². The Morgan fingerprint density at radius 3 is 2.48 bits per heavy atom. The summed E-state index contributed by atoms with van der Waals surface area (Å²) in [5, 5.41) is 7.10. The number of amides is 1. The summed E-state index contributed by atoms with van der Waals surface area (Å²) >= 11 is 0. The minimum absolute atomic E-state index is 0.0978. The Hall–Kier alpha value is -1.41. The van der Waals surface area contributed by atoms with Gasteiger partial charge in [0.1, 0.15) is 0 Å². The molecular formula is C17H28N4O3S. The van der Waals surface area contributed by atoms with E-state index >= 15 is 0 Å². The van der Waals surface area contributed by atoms with Crippen LogP contribution in [0.5, 0.6) is 0 Å². The molecule has 2 heterocycles. The van der Waals surface area contributed by atoms with Gasteiger partial charge in [-0.25, -0.2) is 8.42 Å². The van der Waals surface area contributed by atoms with Gasteiger partial charge < -0.3 is 5.32 Å². The molecule has 3 rings (SSSR count). The van der Waals surface area contributed by atoms with Crippen molar-refractivity contribution in [1.29, 1.82) is 0 Å². The first-order valence-corrected chi connectivity index (χ1v) is 10.7. The molecular weight excluding hydrogens is 340 g/mol. The van der Waals surface area contributed by atoms with Crippen LogP contribution in [-0.2, 0) is 16.6 Å². The molecule has 1 N–H and O–H groups in total. The highest BCUT2D eigenvalue weighted by Gasteiger charge is 2.34. The van der Waals surface area contributed by atoms with E-state index in [2.05, 4.69) is 17.3 Å². The number of hydrogen-bond donors (Lipinski definition) is 1. The van der Waals surface area contributed by atoms with E-state index in [1.165, 1.54) is 8.99 Å². The number of sulfonamides is 1. The molecule has 7 nitrogen and oxygen atoms in total. The average molecular weight is 369 g/mol. The van der Waals surface area contributed by atoms with Crippen LogP contribution in [0, 0.1) is 5.92 Å². The minimum Gasteiger partial charge on any atom is -0.349 e. The van der Waals surface area contributed by atoms with Gasteiger partial charge >= 0.3 is 0 Å². The fraction of sp³-hybridized carbons (Fsp3) is 0.765. The number of nitrogens with one attached hydrogen (secondary N) is 1. The van der Waals surface area contributed by atoms with Crippen LogP contribution in [0.25, 0.3) is 0 Å². The van der Waals surface area contributed by atoms with Gasteiger partial charge in [-0.15, -0.1) is 0 Å². The molecule has 25 heavy (non-hydrogen) atoms. The molecule has 0 atom stereocenters. The monoisotopic (exact) mass is 368 g/mol. The Kier molecular flexibility index (Phi) is 5.48. The van der Waals surface area contributed by atoms with Crippen LogP contribution >= 0.6 is 0 Å². The zero-order valence-corrected chi connectivity index (χ0v) is 15.9. The fourth-order valence-corrected chi connectivity index (χ4v) is 5.16. The van der Waals surface area contributed by atoms with Crippen LogP contribution in [0.15, 0.2) is 11.2 Å². The van der Waals surface area contributed by atoms with E-state index in [9.17, 15) is 13.2 Å². The number of aryl methyl sites for hydroxylation is 1. The number of rotatable bonds is 5. The van der Waals surface area contributed by atoms with E-state index in [-0.39, 0.29) is 22.5 Å². The van der Waals surface area contributed by atoms with Gasteiger partial charge in [-0.2, -0.15) is 9.40 Å². The first-order chi connectivity index (χ1) is 11.9. The van der Waals surface area contributed by atoms with Crippen LogP contribution in [0.4, 0.5) is 0 Å². The molecule has 1 aliphatic heterocycles. The molecule has 1 aromatic rings. The normalized spacial score (nSPS) is 20.9. The summed E-state index contributed by atoms with van der Waals surface area (Å²) in [7, 11) is -3.74. The van der Waals surface area contributed by atoms with Crippen molar-refractivity contribution < 1.29 is 13.2 Å². The number of carbonyl (C=O) groups excluding carboxylic acids is 1. The minimum atomic E-state index is -3.74. The second-order valence-electron chi connectivity index (χ2n) is 7.25. The van der Waals surface area contributed by atoms with E-state index in [1.807, 2.05) is 6.92 Å². The van der Waals surface area contributed by atoms with Crippen molar-refractivity contribution in [3.63, 3.8) is 0 Å². The summed E-state index contributed by atoms with van der Waals surface area (Å²) < 4.78 is 29.1. The molecule has 8 heteroatoms. The predicted octanol–water partition coefficient (Wildman–Crippen LogP) is 2.00. The molecule has 1 aromatic heterocycles. The van der Waals surface area contributed by atoms with Crippen molar-refractivity contribution in [3.8, 4) is 0 Å². The van der Waals surface area contributed by atoms with Crippen LogP contribution in [0.3, 0.4) is 0 Å². The lowest BCUT2D eigenvalue weighted by atomic mass is 10.0. The maximum absolute atomic E-state index is 13.1. The predicted molar refractivity (Wildman–Crippen MR) is 94.8 cm³/mol. The summed E-state index contributed by atoms with van der Waals surface area (Å²) in [5.74, 6) is 0.209. The number of carbonyl (C=O) groups is 1. The van der Waals surface area contributed by atoms with Gasteiger partial charge in [-0.1, -0.05) is 19.8 Å². The quantitative estimate of drug-likeness (QED) is 0.861. The average Bonchev–Trinajstić information content (AvgIpc) is 3.24. The molecule has 0 bridgehead atoms. The maximum atomic E-state index is 13.1. The summed E-state index contributed by atoms with van der Waals surface area (Å²) in [6, 6.07) is 0.142. The Bertz CT molecular complexity index is 714. The van der Waals surface area contributed by atoms with Crippen molar-refractivity contribution >= 4 is 15.9 Å². The molecule has 2 fully saturated rings. The van der Waals surface area contributed by atoms with E-state index in [1.54, 1.807) is 6.20 Å². The van der Waals surface area contributed by atoms with Crippen molar-refractivity contribution in [2.24, 2.45) is 5.92 Å². The second kappa shape index (κ2) is 7.45. The van der Waals surface area contributed by atoms with E-state index in [0.29, 0.717) is 25.6 Å². The van der Waals surface area contributed by atoms with Crippen LogP contribution in [-0.4, -0.2) is 47.5 Å². The summed E-state index contributed by atoms with van der Waals surface area (Å²) in [5.41, 5.74) is 0.173. The largest absolute Gasteiger partial charge is 0.349 e. The highest BCUT2D eigenvalue weighted by molar-refractivity contribution is 7.89. The summed E-state index contributed by atoms with van der Waals surface area (Å²) in [4.78, 5) is 12.7. The molecule has 0 unspecified atom stereocenters. The lowest BCUT2D eigenvalue weighted by molar-refractivity contribution is 0.0934. The van der Waals surface area contributed by atoms with Gasteiger partial charge in [0.25, 0.3) is 15.9 Å². The zero-order chi connectivity index (χ0) is 18.0. The standard InChI is InChI=1S/C17H28N4O3S/c1-3-20-12-15(16(22)18-14-6-4-5-7-14)17(19-20)25(23,24)21-10-8-13(2)9-11-21/h12-14H,3-11H2,1-2H3,(H,18,22). The van der Waals surface area contributed by atoms with Gasteiger partial charge in [0.2, 0.25) is 5.03 Å². The third kappa shape index (κ3) is 3.89. The molecule has 2 aliphatic rings. The topological polar surface area (TPSA) is 84.3 Å². The highest BCUT2D eigenvalue weighted by atomic mass is 32.2. The van der Waals surface area contributed by atoms with Crippen LogP contribution < -0.4 is 5.32 Å². The third-order valence-corrected chi connectivity index (χ3v) is 7.15. The van der Waals surface area contributed by atoms with Gasteiger partial charge in [0, 0.05) is 31.9 Å². The summed E-state index contributed by atoms with van der Waals surface area (Å²) in [6.07, 6.45) is 7.38. The fourth-order valence-electron chi connectivity index (χ4n) is 3.59. The third-order valence-electron chi connectivity index (χ3n) is 5.31. The number of piperidine rings is 1. The van der Waals surface area contributed by atoms with Gasteiger partial charge in [0.15, 0.2) is 0 Å². The van der Waals surface area contributed by atoms with Crippen molar-refractivity contribution in [1.82, 2.24) is 19.4 Å². The molecule has 0 radical (unpaired) electrons. The van der Waals surface area contributed by atoms with E-state index in [4.69, 9.17) is 0 Å². The molecule has 1 saturated carbocycles. The first kappa shape index (κ1) is 18.4. The Morgan fingerprint density at radius 2 is 1.88 bits per heavy atom. The molecule has 1 amide bonds. The molecule has 140 valence electrons. The highest BCUT2D eigenvalue weighted by Crippen LogP contribution is 2.25. The maximum Gasteiger partial charge on any atom is 0.263 e.